The van der Waals surface area contributed by atoms with Gasteiger partial charge in [-0.15, -0.1) is 0 Å². The first kappa shape index (κ1) is 20.0. The molecule has 0 bridgehead atoms. The molecule has 1 atom stereocenters. The van der Waals surface area contributed by atoms with Crippen LogP contribution in [0.15, 0.2) is 54.6 Å². The van der Waals surface area contributed by atoms with Crippen molar-refractivity contribution in [2.45, 2.75) is 26.2 Å². The number of rotatable bonds is 8. The Morgan fingerprint density at radius 1 is 1.08 bits per heavy atom. The number of hydrogen-bond acceptors (Lipinski definition) is 3. The topological polar surface area (TPSA) is 66.5 Å². The molecule has 2 rings (SSSR count). The molecule has 0 spiro atoms. The molecule has 0 unspecified atom stereocenters. The first-order valence-electron chi connectivity index (χ1n) is 8.68. The zero-order chi connectivity index (χ0) is 19.2. The van der Waals surface area contributed by atoms with Gasteiger partial charge in [-0.05, 0) is 30.5 Å². The number of amides is 1. The van der Waals surface area contributed by atoms with Crippen LogP contribution in [0.2, 0.25) is 0 Å². The van der Waals surface area contributed by atoms with Gasteiger partial charge in [0.15, 0.2) is 0 Å². The number of hydrogen-bond donors (Lipinski definition) is 1. The molecule has 1 amide bonds. The summed E-state index contributed by atoms with van der Waals surface area (Å²) in [5, 5.41) is 2.88. The third-order valence-electron chi connectivity index (χ3n) is 4.38. The van der Waals surface area contributed by atoms with Gasteiger partial charge in [-0.25, -0.2) is 8.42 Å². The van der Waals surface area contributed by atoms with Crippen molar-refractivity contribution in [2.75, 3.05) is 23.7 Å². The Hall–Kier alpha value is -2.34. The summed E-state index contributed by atoms with van der Waals surface area (Å²) in [7, 11) is -3.56. The molecule has 0 saturated heterocycles. The van der Waals surface area contributed by atoms with Crippen molar-refractivity contribution >= 4 is 21.6 Å². The van der Waals surface area contributed by atoms with Gasteiger partial charge in [-0.1, -0.05) is 55.5 Å². The first-order valence-corrected chi connectivity index (χ1v) is 10.5. The fourth-order valence-electron chi connectivity index (χ4n) is 2.87. The molecule has 5 nitrogen and oxygen atoms in total. The molecule has 140 valence electrons. The largest absolute Gasteiger partial charge is 0.354 e. The third-order valence-corrected chi connectivity index (χ3v) is 5.51. The molecule has 0 radical (unpaired) electrons. The normalized spacial score (nSPS) is 12.4. The lowest BCUT2D eigenvalue weighted by atomic mass is 9.96. The summed E-state index contributed by atoms with van der Waals surface area (Å²) in [4.78, 5) is 12.4. The Labute approximate surface area is 156 Å². The highest BCUT2D eigenvalue weighted by atomic mass is 32.2. The Bertz CT molecular complexity index is 835. The minimum atomic E-state index is -3.56. The number of sulfonamides is 1. The zero-order valence-electron chi connectivity index (χ0n) is 15.5. The molecule has 0 fully saturated rings. The summed E-state index contributed by atoms with van der Waals surface area (Å²) >= 11 is 0. The average molecular weight is 375 g/mol. The maximum atomic E-state index is 12.4. The van der Waals surface area contributed by atoms with E-state index in [2.05, 4.69) is 12.2 Å². The van der Waals surface area contributed by atoms with Crippen LogP contribution in [-0.4, -0.2) is 33.7 Å². The van der Waals surface area contributed by atoms with Gasteiger partial charge in [0.1, 0.15) is 6.54 Å². The van der Waals surface area contributed by atoms with Crippen LogP contribution < -0.4 is 9.62 Å². The predicted molar refractivity (Wildman–Crippen MR) is 106 cm³/mol. The van der Waals surface area contributed by atoms with Gasteiger partial charge in [0.25, 0.3) is 0 Å². The second-order valence-electron chi connectivity index (χ2n) is 6.38. The van der Waals surface area contributed by atoms with E-state index >= 15 is 0 Å². The van der Waals surface area contributed by atoms with E-state index in [4.69, 9.17) is 0 Å². The lowest BCUT2D eigenvalue weighted by molar-refractivity contribution is -0.119. The lowest BCUT2D eigenvalue weighted by Crippen LogP contribution is -2.41. The number of para-hydroxylation sites is 1. The van der Waals surface area contributed by atoms with Crippen LogP contribution in [0.3, 0.4) is 0 Å². The van der Waals surface area contributed by atoms with Crippen LogP contribution in [-0.2, 0) is 14.8 Å². The lowest BCUT2D eigenvalue weighted by Gasteiger charge is -2.24. The van der Waals surface area contributed by atoms with E-state index in [1.807, 2.05) is 49.4 Å². The SMILES string of the molecule is CC[C@H](CNC(=O)CN(c1ccccc1C)S(C)(=O)=O)c1ccccc1. The van der Waals surface area contributed by atoms with Crippen LogP contribution >= 0.6 is 0 Å². The van der Waals surface area contributed by atoms with Gasteiger partial charge >= 0.3 is 0 Å². The highest BCUT2D eigenvalue weighted by Gasteiger charge is 2.22. The summed E-state index contributed by atoms with van der Waals surface area (Å²) in [5.41, 5.74) is 2.50. The summed E-state index contributed by atoms with van der Waals surface area (Å²) < 4.78 is 25.5. The first-order chi connectivity index (χ1) is 12.3. The van der Waals surface area contributed by atoms with Crippen molar-refractivity contribution in [3.8, 4) is 0 Å². The van der Waals surface area contributed by atoms with Crippen LogP contribution in [0.4, 0.5) is 5.69 Å². The maximum absolute atomic E-state index is 12.4. The number of nitrogens with one attached hydrogen (secondary N) is 1. The molecule has 0 heterocycles. The Kier molecular flexibility index (Phi) is 6.80. The van der Waals surface area contributed by atoms with Crippen molar-refractivity contribution in [2.24, 2.45) is 0 Å². The Balaban J connectivity index is 2.07. The molecule has 0 aliphatic rings. The number of carbonyl (C=O) groups is 1. The maximum Gasteiger partial charge on any atom is 0.240 e. The minimum Gasteiger partial charge on any atom is -0.354 e. The zero-order valence-corrected chi connectivity index (χ0v) is 16.3. The van der Waals surface area contributed by atoms with E-state index in [1.54, 1.807) is 12.1 Å². The monoisotopic (exact) mass is 374 g/mol. The molecule has 26 heavy (non-hydrogen) atoms. The molecule has 0 aliphatic carbocycles. The molecule has 0 saturated carbocycles. The smallest absolute Gasteiger partial charge is 0.240 e. The van der Waals surface area contributed by atoms with E-state index in [9.17, 15) is 13.2 Å². The average Bonchev–Trinajstić information content (AvgIpc) is 2.61. The van der Waals surface area contributed by atoms with Crippen molar-refractivity contribution in [1.29, 1.82) is 0 Å². The van der Waals surface area contributed by atoms with E-state index in [-0.39, 0.29) is 18.4 Å². The van der Waals surface area contributed by atoms with Gasteiger partial charge in [-0.2, -0.15) is 0 Å². The number of carbonyl (C=O) groups excluding carboxylic acids is 1. The third kappa shape index (κ3) is 5.33. The van der Waals surface area contributed by atoms with E-state index in [0.717, 1.165) is 28.1 Å². The van der Waals surface area contributed by atoms with Gasteiger partial charge in [-0.3, -0.25) is 9.10 Å². The second-order valence-corrected chi connectivity index (χ2v) is 8.28. The number of anilines is 1. The van der Waals surface area contributed by atoms with Gasteiger partial charge in [0, 0.05) is 12.5 Å². The van der Waals surface area contributed by atoms with Gasteiger partial charge < -0.3 is 5.32 Å². The van der Waals surface area contributed by atoms with Crippen LogP contribution in [0.1, 0.15) is 30.4 Å². The minimum absolute atomic E-state index is 0.199. The molecule has 2 aromatic rings. The Morgan fingerprint density at radius 2 is 1.69 bits per heavy atom. The van der Waals surface area contributed by atoms with Crippen molar-refractivity contribution in [1.82, 2.24) is 5.32 Å². The molecule has 1 N–H and O–H groups in total. The van der Waals surface area contributed by atoms with Crippen molar-refractivity contribution in [3.63, 3.8) is 0 Å². The number of benzene rings is 2. The van der Waals surface area contributed by atoms with E-state index in [1.165, 1.54) is 0 Å². The van der Waals surface area contributed by atoms with Crippen LogP contribution in [0.5, 0.6) is 0 Å². The van der Waals surface area contributed by atoms with Crippen molar-refractivity contribution < 1.29 is 13.2 Å². The van der Waals surface area contributed by atoms with E-state index in [0.29, 0.717) is 12.2 Å². The highest BCUT2D eigenvalue weighted by Crippen LogP contribution is 2.22. The molecule has 2 aromatic carbocycles. The quantitative estimate of drug-likeness (QED) is 0.772. The molecule has 6 heteroatoms. The summed E-state index contributed by atoms with van der Waals surface area (Å²) in [6.45, 7) is 4.15. The fourth-order valence-corrected chi connectivity index (χ4v) is 3.78. The van der Waals surface area contributed by atoms with Crippen LogP contribution in [0, 0.1) is 6.92 Å². The molecular formula is C20H26N2O3S. The van der Waals surface area contributed by atoms with Gasteiger partial charge in [0.2, 0.25) is 15.9 Å². The molecule has 0 aliphatic heterocycles. The second kappa shape index (κ2) is 8.85. The predicted octanol–water partition coefficient (Wildman–Crippen LogP) is 3.07. The molecule has 0 aromatic heterocycles. The summed E-state index contributed by atoms with van der Waals surface area (Å²) in [6.07, 6.45) is 2.00. The number of nitrogens with zero attached hydrogens (tertiary/aromatic N) is 1. The molecular weight excluding hydrogens is 348 g/mol. The number of aryl methyl sites for hydroxylation is 1. The van der Waals surface area contributed by atoms with Gasteiger partial charge in [0.05, 0.1) is 11.9 Å². The summed E-state index contributed by atoms with van der Waals surface area (Å²) in [5.74, 6) is -0.113. The Morgan fingerprint density at radius 3 is 2.27 bits per heavy atom. The fraction of sp³-hybridized carbons (Fsp3) is 0.350. The highest BCUT2D eigenvalue weighted by molar-refractivity contribution is 7.92. The van der Waals surface area contributed by atoms with Crippen LogP contribution in [0.25, 0.3) is 0 Å². The van der Waals surface area contributed by atoms with Crippen molar-refractivity contribution in [3.05, 3.63) is 65.7 Å². The van der Waals surface area contributed by atoms with E-state index < -0.39 is 10.0 Å². The summed E-state index contributed by atoms with van der Waals surface area (Å²) in [6, 6.07) is 17.1. The standard InChI is InChI=1S/C20H26N2O3S/c1-4-17(18-11-6-5-7-12-18)14-21-20(23)15-22(26(3,24)25)19-13-9-8-10-16(19)2/h5-13,17H,4,14-15H2,1-3H3,(H,21,23)/t17-/m1/s1.